The van der Waals surface area contributed by atoms with Gasteiger partial charge in [-0.15, -0.1) is 0 Å². The summed E-state index contributed by atoms with van der Waals surface area (Å²) in [5.74, 6) is -0.466. The summed E-state index contributed by atoms with van der Waals surface area (Å²) >= 11 is 3.20. The van der Waals surface area contributed by atoms with Crippen LogP contribution >= 0.6 is 15.9 Å². The van der Waals surface area contributed by atoms with Gasteiger partial charge in [-0.25, -0.2) is 9.18 Å². The van der Waals surface area contributed by atoms with Gasteiger partial charge in [0.25, 0.3) is 0 Å². The van der Waals surface area contributed by atoms with Crippen LogP contribution in [-0.4, -0.2) is 12.6 Å². The van der Waals surface area contributed by atoms with Crippen molar-refractivity contribution >= 4 is 27.6 Å². The molecular formula is C15H13BrFNO3. The third kappa shape index (κ3) is 4.46. The van der Waals surface area contributed by atoms with Crippen molar-refractivity contribution in [2.45, 2.75) is 6.61 Å². The van der Waals surface area contributed by atoms with Crippen LogP contribution in [0.3, 0.4) is 0 Å². The molecule has 2 rings (SSSR count). The molecule has 6 heteroatoms. The summed E-state index contributed by atoms with van der Waals surface area (Å²) in [5, 5.41) is 0. The van der Waals surface area contributed by atoms with E-state index in [1.165, 1.54) is 12.1 Å². The molecule has 0 radical (unpaired) electrons. The second kappa shape index (κ2) is 7.08. The lowest BCUT2D eigenvalue weighted by Gasteiger charge is -2.09. The Morgan fingerprint density at radius 1 is 1.24 bits per heavy atom. The Hall–Kier alpha value is -2.08. The normalized spacial score (nSPS) is 10.2. The zero-order chi connectivity index (χ0) is 15.2. The number of nitrogens with two attached hydrogens (primary N) is 1. The Balaban J connectivity index is 1.84. The minimum atomic E-state index is -0.533. The van der Waals surface area contributed by atoms with Gasteiger partial charge in [-0.05, 0) is 24.3 Å². The highest BCUT2D eigenvalue weighted by molar-refractivity contribution is 9.10. The number of para-hydroxylation sites is 2. The SMILES string of the molecule is Nc1ccccc1OCC(=O)OCc1ccc(F)cc1Br. The van der Waals surface area contributed by atoms with Gasteiger partial charge < -0.3 is 15.2 Å². The van der Waals surface area contributed by atoms with Crippen molar-refractivity contribution < 1.29 is 18.7 Å². The largest absolute Gasteiger partial charge is 0.480 e. The zero-order valence-corrected chi connectivity index (χ0v) is 12.6. The van der Waals surface area contributed by atoms with Crippen LogP contribution in [0.2, 0.25) is 0 Å². The van der Waals surface area contributed by atoms with Gasteiger partial charge in [-0.3, -0.25) is 0 Å². The van der Waals surface area contributed by atoms with Gasteiger partial charge in [0.2, 0.25) is 0 Å². The minimum Gasteiger partial charge on any atom is -0.480 e. The molecule has 0 bridgehead atoms. The van der Waals surface area contributed by atoms with Gasteiger partial charge in [-0.2, -0.15) is 0 Å². The van der Waals surface area contributed by atoms with E-state index in [-0.39, 0.29) is 19.0 Å². The smallest absolute Gasteiger partial charge is 0.344 e. The van der Waals surface area contributed by atoms with E-state index in [0.717, 1.165) is 0 Å². The number of hydrogen-bond acceptors (Lipinski definition) is 4. The fourth-order valence-corrected chi connectivity index (χ4v) is 2.05. The Labute approximate surface area is 129 Å². The number of benzene rings is 2. The molecule has 0 fully saturated rings. The van der Waals surface area contributed by atoms with E-state index >= 15 is 0 Å². The molecule has 0 aromatic heterocycles. The second-order valence-electron chi connectivity index (χ2n) is 4.22. The summed E-state index contributed by atoms with van der Waals surface area (Å²) in [4.78, 5) is 11.6. The van der Waals surface area contributed by atoms with E-state index < -0.39 is 5.97 Å². The first-order chi connectivity index (χ1) is 10.1. The summed E-state index contributed by atoms with van der Waals surface area (Å²) in [6, 6.07) is 11.0. The van der Waals surface area contributed by atoms with Crippen LogP contribution in [0.4, 0.5) is 10.1 Å². The van der Waals surface area contributed by atoms with Gasteiger partial charge in [0.1, 0.15) is 18.2 Å². The van der Waals surface area contributed by atoms with E-state index in [2.05, 4.69) is 15.9 Å². The number of anilines is 1. The molecule has 0 heterocycles. The molecule has 0 saturated heterocycles. The Morgan fingerprint density at radius 2 is 2.00 bits per heavy atom. The fourth-order valence-electron chi connectivity index (χ4n) is 1.59. The third-order valence-corrected chi connectivity index (χ3v) is 3.41. The van der Waals surface area contributed by atoms with E-state index in [0.29, 0.717) is 21.5 Å². The molecule has 2 aromatic rings. The molecule has 0 unspecified atom stereocenters. The van der Waals surface area contributed by atoms with Crippen LogP contribution in [0.15, 0.2) is 46.9 Å². The first-order valence-electron chi connectivity index (χ1n) is 6.13. The number of esters is 1. The summed E-state index contributed by atoms with van der Waals surface area (Å²) < 4.78 is 23.8. The first-order valence-corrected chi connectivity index (χ1v) is 6.92. The topological polar surface area (TPSA) is 61.5 Å². The van der Waals surface area contributed by atoms with Crippen molar-refractivity contribution in [1.82, 2.24) is 0 Å². The van der Waals surface area contributed by atoms with Gasteiger partial charge in [-0.1, -0.05) is 34.1 Å². The highest BCUT2D eigenvalue weighted by atomic mass is 79.9. The van der Waals surface area contributed by atoms with Crippen LogP contribution in [0, 0.1) is 5.82 Å². The Kier molecular flexibility index (Phi) is 5.16. The molecule has 0 aliphatic carbocycles. The van der Waals surface area contributed by atoms with Gasteiger partial charge in [0, 0.05) is 10.0 Å². The lowest BCUT2D eigenvalue weighted by molar-refractivity contribution is -0.147. The van der Waals surface area contributed by atoms with Crippen molar-refractivity contribution in [3.63, 3.8) is 0 Å². The first kappa shape index (κ1) is 15.3. The maximum atomic E-state index is 12.9. The number of carbonyl (C=O) groups is 1. The van der Waals surface area contributed by atoms with Crippen LogP contribution in [0.25, 0.3) is 0 Å². The maximum absolute atomic E-state index is 12.9. The molecule has 110 valence electrons. The predicted octanol–water partition coefficient (Wildman–Crippen LogP) is 3.29. The highest BCUT2D eigenvalue weighted by Gasteiger charge is 2.08. The van der Waals surface area contributed by atoms with Crippen LogP contribution in [0.5, 0.6) is 5.75 Å². The number of nitrogen functional groups attached to an aromatic ring is 1. The number of carbonyl (C=O) groups excluding carboxylic acids is 1. The molecule has 2 N–H and O–H groups in total. The molecule has 0 aliphatic heterocycles. The molecular weight excluding hydrogens is 341 g/mol. The quantitative estimate of drug-likeness (QED) is 0.661. The fraction of sp³-hybridized carbons (Fsp3) is 0.133. The van der Waals surface area contributed by atoms with Gasteiger partial charge in [0.15, 0.2) is 6.61 Å². The number of ether oxygens (including phenoxy) is 2. The van der Waals surface area contributed by atoms with Crippen molar-refractivity contribution in [1.29, 1.82) is 0 Å². The minimum absolute atomic E-state index is 0.0350. The average molecular weight is 354 g/mol. The van der Waals surface area contributed by atoms with Crippen LogP contribution in [0.1, 0.15) is 5.56 Å². The maximum Gasteiger partial charge on any atom is 0.344 e. The molecule has 4 nitrogen and oxygen atoms in total. The third-order valence-electron chi connectivity index (χ3n) is 2.67. The predicted molar refractivity (Wildman–Crippen MR) is 80.2 cm³/mol. The van der Waals surface area contributed by atoms with Crippen molar-refractivity contribution in [2.75, 3.05) is 12.3 Å². The summed E-state index contributed by atoms with van der Waals surface area (Å²) in [5.41, 5.74) is 6.81. The Morgan fingerprint density at radius 3 is 2.71 bits per heavy atom. The molecule has 2 aromatic carbocycles. The standard InChI is InChI=1S/C15H13BrFNO3/c16-12-7-11(17)6-5-10(12)8-21-15(19)9-20-14-4-2-1-3-13(14)18/h1-7H,8-9,18H2. The lowest BCUT2D eigenvalue weighted by Crippen LogP contribution is -2.15. The number of hydrogen-bond donors (Lipinski definition) is 1. The second-order valence-corrected chi connectivity index (χ2v) is 5.08. The lowest BCUT2D eigenvalue weighted by atomic mass is 10.2. The van der Waals surface area contributed by atoms with E-state index in [1.54, 1.807) is 30.3 Å². The summed E-state index contributed by atoms with van der Waals surface area (Å²) in [7, 11) is 0. The number of rotatable bonds is 5. The summed E-state index contributed by atoms with van der Waals surface area (Å²) in [6.45, 7) is -0.208. The average Bonchev–Trinajstić information content (AvgIpc) is 2.45. The number of halogens is 2. The highest BCUT2D eigenvalue weighted by Crippen LogP contribution is 2.20. The molecule has 0 amide bonds. The van der Waals surface area contributed by atoms with E-state index in [4.69, 9.17) is 15.2 Å². The molecule has 0 spiro atoms. The van der Waals surface area contributed by atoms with Gasteiger partial charge in [0.05, 0.1) is 5.69 Å². The Bertz CT molecular complexity index is 649. The monoisotopic (exact) mass is 353 g/mol. The zero-order valence-electron chi connectivity index (χ0n) is 11.0. The molecule has 0 aliphatic rings. The van der Waals surface area contributed by atoms with Crippen LogP contribution < -0.4 is 10.5 Å². The van der Waals surface area contributed by atoms with Crippen molar-refractivity contribution in [3.8, 4) is 5.75 Å². The summed E-state index contributed by atoms with van der Waals surface area (Å²) in [6.07, 6.45) is 0. The van der Waals surface area contributed by atoms with Crippen molar-refractivity contribution in [2.24, 2.45) is 0 Å². The van der Waals surface area contributed by atoms with E-state index in [9.17, 15) is 9.18 Å². The van der Waals surface area contributed by atoms with E-state index in [1.807, 2.05) is 0 Å². The molecule has 21 heavy (non-hydrogen) atoms. The van der Waals surface area contributed by atoms with Crippen molar-refractivity contribution in [3.05, 3.63) is 58.3 Å². The molecule has 0 saturated carbocycles. The van der Waals surface area contributed by atoms with Gasteiger partial charge >= 0.3 is 5.97 Å². The molecule has 0 atom stereocenters. The van der Waals surface area contributed by atoms with Crippen LogP contribution in [-0.2, 0) is 16.1 Å².